The number of hydrogen-bond donors (Lipinski definition) is 0. The van der Waals surface area contributed by atoms with E-state index in [0.29, 0.717) is 0 Å². The molecule has 0 atom stereocenters. The van der Waals surface area contributed by atoms with Gasteiger partial charge in [-0.1, -0.05) is 44.2 Å². The Morgan fingerprint density at radius 1 is 1.29 bits per heavy atom. The molecule has 0 bridgehead atoms. The zero-order valence-corrected chi connectivity index (χ0v) is 10.3. The fourth-order valence-electron chi connectivity index (χ4n) is 1.99. The lowest BCUT2D eigenvalue weighted by molar-refractivity contribution is 0.454. The van der Waals surface area contributed by atoms with Crippen LogP contribution in [0.15, 0.2) is 36.6 Å². The van der Waals surface area contributed by atoms with Crippen molar-refractivity contribution in [3.05, 3.63) is 47.7 Å². The van der Waals surface area contributed by atoms with Gasteiger partial charge in [-0.05, 0) is 24.0 Å². The predicted molar refractivity (Wildman–Crippen MR) is 70.9 cm³/mol. The first kappa shape index (κ1) is 11.8. The normalized spacial score (nSPS) is 14.7. The van der Waals surface area contributed by atoms with Gasteiger partial charge in [0.25, 0.3) is 0 Å². The Labute approximate surface area is 103 Å². The first-order valence-corrected chi connectivity index (χ1v) is 5.99. The molecule has 87 valence electrons. The Kier molecular flexibility index (Phi) is 3.91. The van der Waals surface area contributed by atoms with Crippen molar-refractivity contribution in [2.24, 2.45) is 0 Å². The summed E-state index contributed by atoms with van der Waals surface area (Å²) in [5.41, 5.74) is 3.66. The average Bonchev–Trinajstić information content (AvgIpc) is 2.90. The van der Waals surface area contributed by atoms with Gasteiger partial charge in [0.1, 0.15) is 12.0 Å². The van der Waals surface area contributed by atoms with E-state index in [1.807, 2.05) is 6.07 Å². The van der Waals surface area contributed by atoms with Crippen LogP contribution in [-0.2, 0) is 9.31 Å². The molecular weight excluding hydrogens is 211 g/mol. The van der Waals surface area contributed by atoms with Crippen molar-refractivity contribution in [2.45, 2.75) is 26.7 Å². The maximum atomic E-state index is 5.34. The molecule has 2 rings (SSSR count). The van der Waals surface area contributed by atoms with Gasteiger partial charge in [0, 0.05) is 5.56 Å². The van der Waals surface area contributed by atoms with E-state index in [-0.39, 0.29) is 0 Å². The molecule has 0 saturated heterocycles. The largest absolute Gasteiger partial charge is 0.657 e. The third-order valence-corrected chi connectivity index (χ3v) is 2.78. The summed E-state index contributed by atoms with van der Waals surface area (Å²) in [5.74, 6) is 0.774. The van der Waals surface area contributed by atoms with E-state index in [0.717, 1.165) is 24.2 Å². The molecule has 0 saturated carbocycles. The van der Waals surface area contributed by atoms with Crippen LogP contribution in [0.4, 0.5) is 0 Å². The Morgan fingerprint density at radius 3 is 2.76 bits per heavy atom. The third-order valence-electron chi connectivity index (χ3n) is 2.78. The summed E-state index contributed by atoms with van der Waals surface area (Å²) < 4.78 is 10.4. The van der Waals surface area contributed by atoms with Gasteiger partial charge in [-0.25, -0.2) is 0 Å². The molecule has 2 nitrogen and oxygen atoms in total. The first-order chi connectivity index (χ1) is 8.36. The van der Waals surface area contributed by atoms with Gasteiger partial charge in [0.05, 0.1) is 0 Å². The lowest BCUT2D eigenvalue weighted by Crippen LogP contribution is -1.95. The van der Waals surface area contributed by atoms with Gasteiger partial charge in [0.15, 0.2) is 0 Å². The SMILES string of the molecule is CC/C=C(\CC)c1ccccc1C1=CO[B]O1. The molecule has 0 amide bonds. The molecule has 1 aromatic carbocycles. The van der Waals surface area contributed by atoms with Crippen LogP contribution in [0.2, 0.25) is 0 Å². The maximum Gasteiger partial charge on any atom is 0.657 e. The van der Waals surface area contributed by atoms with Gasteiger partial charge in [0.2, 0.25) is 0 Å². The minimum atomic E-state index is 0.774. The topological polar surface area (TPSA) is 18.5 Å². The van der Waals surface area contributed by atoms with Crippen LogP contribution in [-0.4, -0.2) is 7.69 Å². The van der Waals surface area contributed by atoms with Crippen LogP contribution < -0.4 is 0 Å². The molecule has 1 aliphatic heterocycles. The van der Waals surface area contributed by atoms with Gasteiger partial charge in [-0.2, -0.15) is 0 Å². The van der Waals surface area contributed by atoms with E-state index in [4.69, 9.17) is 9.31 Å². The molecule has 1 aromatic rings. The van der Waals surface area contributed by atoms with Crippen LogP contribution in [0, 0.1) is 0 Å². The molecule has 0 aliphatic carbocycles. The van der Waals surface area contributed by atoms with Crippen LogP contribution in [0.5, 0.6) is 0 Å². The molecule has 3 heteroatoms. The van der Waals surface area contributed by atoms with E-state index >= 15 is 0 Å². The van der Waals surface area contributed by atoms with E-state index < -0.39 is 0 Å². The second-order valence-electron chi connectivity index (χ2n) is 3.87. The molecule has 1 radical (unpaired) electrons. The minimum Gasteiger partial charge on any atom is -0.529 e. The standard InChI is InChI=1S/C14H16BO2/c1-3-7-11(4-2)12-8-5-6-9-13(12)14-10-16-15-17-14/h5-10H,3-4H2,1-2H3/b11-7+. The average molecular weight is 227 g/mol. The van der Waals surface area contributed by atoms with Crippen molar-refractivity contribution in [2.75, 3.05) is 0 Å². The second-order valence-corrected chi connectivity index (χ2v) is 3.87. The number of rotatable bonds is 4. The second kappa shape index (κ2) is 5.62. The van der Waals surface area contributed by atoms with Crippen LogP contribution in [0.1, 0.15) is 37.8 Å². The molecule has 1 heterocycles. The highest BCUT2D eigenvalue weighted by Gasteiger charge is 2.16. The summed E-state index contributed by atoms with van der Waals surface area (Å²) in [6.45, 7) is 4.32. The molecule has 0 N–H and O–H groups in total. The number of allylic oxidation sites excluding steroid dienone is 2. The van der Waals surface area contributed by atoms with Crippen molar-refractivity contribution in [1.29, 1.82) is 0 Å². The number of benzene rings is 1. The smallest absolute Gasteiger partial charge is 0.529 e. The van der Waals surface area contributed by atoms with Crippen molar-refractivity contribution in [3.63, 3.8) is 0 Å². The lowest BCUT2D eigenvalue weighted by Gasteiger charge is -2.12. The van der Waals surface area contributed by atoms with Gasteiger partial charge >= 0.3 is 7.69 Å². The fraction of sp³-hybridized carbons (Fsp3) is 0.286. The van der Waals surface area contributed by atoms with E-state index in [9.17, 15) is 0 Å². The molecule has 0 aromatic heterocycles. The van der Waals surface area contributed by atoms with Gasteiger partial charge in [-0.3, -0.25) is 0 Å². The highest BCUT2D eigenvalue weighted by molar-refractivity contribution is 6.22. The van der Waals surface area contributed by atoms with Crippen molar-refractivity contribution < 1.29 is 9.31 Å². The molecule has 0 unspecified atom stereocenters. The molecule has 17 heavy (non-hydrogen) atoms. The molecule has 1 aliphatic rings. The van der Waals surface area contributed by atoms with Crippen molar-refractivity contribution >= 4 is 19.0 Å². The van der Waals surface area contributed by atoms with Crippen molar-refractivity contribution in [1.82, 2.24) is 0 Å². The summed E-state index contributed by atoms with van der Waals surface area (Å²) >= 11 is 0. The molecule has 0 fully saturated rings. The summed E-state index contributed by atoms with van der Waals surface area (Å²) in [7, 11) is 1.35. The summed E-state index contributed by atoms with van der Waals surface area (Å²) in [5, 5.41) is 0. The van der Waals surface area contributed by atoms with Crippen LogP contribution in [0.25, 0.3) is 11.3 Å². The molecular formula is C14H16BO2. The third kappa shape index (κ3) is 2.55. The maximum absolute atomic E-state index is 5.34. The Morgan fingerprint density at radius 2 is 2.12 bits per heavy atom. The number of hydrogen-bond acceptors (Lipinski definition) is 2. The van der Waals surface area contributed by atoms with Crippen LogP contribution >= 0.6 is 0 Å². The Bertz CT molecular complexity index is 449. The Hall–Kier alpha value is -1.64. The molecule has 0 spiro atoms. The Balaban J connectivity index is 2.43. The highest BCUT2D eigenvalue weighted by atomic mass is 16.6. The quantitative estimate of drug-likeness (QED) is 0.729. The van der Waals surface area contributed by atoms with Gasteiger partial charge in [-0.15, -0.1) is 0 Å². The van der Waals surface area contributed by atoms with E-state index in [1.54, 1.807) is 6.26 Å². The fourth-order valence-corrected chi connectivity index (χ4v) is 1.99. The van der Waals surface area contributed by atoms with Crippen LogP contribution in [0.3, 0.4) is 0 Å². The van der Waals surface area contributed by atoms with E-state index in [1.165, 1.54) is 18.8 Å². The zero-order chi connectivity index (χ0) is 12.1. The summed E-state index contributed by atoms with van der Waals surface area (Å²) in [6, 6.07) is 8.25. The highest BCUT2D eigenvalue weighted by Crippen LogP contribution is 2.29. The lowest BCUT2D eigenvalue weighted by atomic mass is 9.96. The summed E-state index contributed by atoms with van der Waals surface area (Å²) in [6.07, 6.45) is 5.96. The predicted octanol–water partition coefficient (Wildman–Crippen LogP) is 3.77. The first-order valence-electron chi connectivity index (χ1n) is 5.99. The summed E-state index contributed by atoms with van der Waals surface area (Å²) in [4.78, 5) is 0. The zero-order valence-electron chi connectivity index (χ0n) is 10.3. The van der Waals surface area contributed by atoms with Gasteiger partial charge < -0.3 is 9.31 Å². The van der Waals surface area contributed by atoms with Crippen molar-refractivity contribution in [3.8, 4) is 0 Å². The van der Waals surface area contributed by atoms with E-state index in [2.05, 4.69) is 38.1 Å². The monoisotopic (exact) mass is 227 g/mol. The minimum absolute atomic E-state index is 0.774.